The molecule has 0 aromatic heterocycles. The lowest BCUT2D eigenvalue weighted by molar-refractivity contribution is 0.276. The fraction of sp³-hybridized carbons (Fsp3) is 0.429. The summed E-state index contributed by atoms with van der Waals surface area (Å²) in [7, 11) is 0. The summed E-state index contributed by atoms with van der Waals surface area (Å²) in [6, 6.07) is 19.2. The molecule has 1 atom stereocenters. The van der Waals surface area contributed by atoms with E-state index in [1.54, 1.807) is 0 Å². The highest BCUT2D eigenvalue weighted by atomic mass is 35.5. The summed E-state index contributed by atoms with van der Waals surface area (Å²) in [6.45, 7) is 7.69. The highest BCUT2D eigenvalue weighted by Gasteiger charge is 2.09. The van der Waals surface area contributed by atoms with Gasteiger partial charge in [-0.05, 0) is 81.6 Å². The van der Waals surface area contributed by atoms with Gasteiger partial charge >= 0.3 is 0 Å². The molecule has 0 aliphatic carbocycles. The Morgan fingerprint density at radius 1 is 0.774 bits per heavy atom. The topological polar surface area (TPSA) is 9.23 Å². The second-order valence-corrected chi connectivity index (χ2v) is 9.59. The molecule has 0 fully saturated rings. The fourth-order valence-corrected chi connectivity index (χ4v) is 4.31. The maximum Gasteiger partial charge on any atom is 0.119 e. The minimum atomic E-state index is 0.497. The van der Waals surface area contributed by atoms with Crippen LogP contribution in [0, 0.1) is 11.8 Å². The molecule has 0 heterocycles. The first kappa shape index (κ1) is 24.0. The van der Waals surface area contributed by atoms with Gasteiger partial charge in [0, 0.05) is 11.8 Å². The lowest BCUT2D eigenvalue weighted by atomic mass is 9.95. The van der Waals surface area contributed by atoms with E-state index in [4.69, 9.17) is 27.9 Å². The summed E-state index contributed by atoms with van der Waals surface area (Å²) in [5, 5.41) is 2.39. The maximum atomic E-state index is 6.16. The summed E-state index contributed by atoms with van der Waals surface area (Å²) in [4.78, 5) is 0. The minimum absolute atomic E-state index is 0.497. The third-order valence-electron chi connectivity index (χ3n) is 5.91. The van der Waals surface area contributed by atoms with Gasteiger partial charge in [-0.1, -0.05) is 64.3 Å². The van der Waals surface area contributed by atoms with Crippen LogP contribution in [0.25, 0.3) is 21.9 Å². The zero-order valence-corrected chi connectivity index (χ0v) is 20.5. The van der Waals surface area contributed by atoms with Crippen LogP contribution in [0.1, 0.15) is 57.6 Å². The molecule has 0 aliphatic rings. The van der Waals surface area contributed by atoms with Crippen molar-refractivity contribution in [3.63, 3.8) is 0 Å². The van der Waals surface area contributed by atoms with Crippen molar-refractivity contribution >= 4 is 34.0 Å². The van der Waals surface area contributed by atoms with E-state index in [-0.39, 0.29) is 0 Å². The van der Waals surface area contributed by atoms with Crippen LogP contribution in [-0.2, 0) is 11.8 Å². The number of hydrogen-bond donors (Lipinski definition) is 0. The lowest BCUT2D eigenvalue weighted by Crippen LogP contribution is -2.04. The molecule has 0 amide bonds. The fourth-order valence-electron chi connectivity index (χ4n) is 3.99. The van der Waals surface area contributed by atoms with Crippen molar-refractivity contribution in [3.05, 3.63) is 65.7 Å². The molecule has 0 N–H and O–H groups in total. The van der Waals surface area contributed by atoms with Crippen molar-refractivity contribution in [1.29, 1.82) is 0 Å². The number of rotatable bonds is 11. The van der Waals surface area contributed by atoms with Crippen LogP contribution in [-0.4, -0.2) is 6.61 Å². The van der Waals surface area contributed by atoms with Gasteiger partial charge in [0.1, 0.15) is 5.75 Å². The average molecular weight is 457 g/mol. The van der Waals surface area contributed by atoms with E-state index in [1.807, 2.05) is 0 Å². The van der Waals surface area contributed by atoms with Gasteiger partial charge in [0.15, 0.2) is 0 Å². The van der Waals surface area contributed by atoms with Gasteiger partial charge in [-0.15, -0.1) is 23.2 Å². The smallest absolute Gasteiger partial charge is 0.119 e. The first-order valence-electron chi connectivity index (χ1n) is 11.4. The first-order chi connectivity index (χ1) is 15.0. The highest BCUT2D eigenvalue weighted by molar-refractivity contribution is 6.18. The van der Waals surface area contributed by atoms with Crippen LogP contribution >= 0.6 is 23.2 Å². The molecule has 1 unspecified atom stereocenters. The Labute approximate surface area is 197 Å². The quantitative estimate of drug-likeness (QED) is 0.261. The molecular weight excluding hydrogens is 423 g/mol. The van der Waals surface area contributed by atoms with Crippen LogP contribution in [0.3, 0.4) is 0 Å². The molecule has 31 heavy (non-hydrogen) atoms. The van der Waals surface area contributed by atoms with Gasteiger partial charge in [-0.25, -0.2) is 0 Å². The number of benzene rings is 3. The summed E-state index contributed by atoms with van der Waals surface area (Å²) in [5.41, 5.74) is 4.59. The van der Waals surface area contributed by atoms with Crippen LogP contribution in [0.5, 0.6) is 5.75 Å². The van der Waals surface area contributed by atoms with E-state index in [9.17, 15) is 0 Å². The zero-order chi connectivity index (χ0) is 22.2. The van der Waals surface area contributed by atoms with Gasteiger partial charge in [0.05, 0.1) is 6.61 Å². The Kier molecular flexibility index (Phi) is 9.11. The average Bonchev–Trinajstić information content (AvgIpc) is 2.78. The molecule has 0 bridgehead atoms. The molecule has 0 saturated heterocycles. The number of ether oxygens (including phenoxy) is 1. The molecule has 3 aromatic rings. The summed E-state index contributed by atoms with van der Waals surface area (Å²) in [6.07, 6.45) is 5.02. The SMILES string of the molecule is CC(C)CCCC(C)CCOc1ccc(-c2cc(CCl)cc3ccc(CCl)cc23)cc1. The van der Waals surface area contributed by atoms with E-state index >= 15 is 0 Å². The third-order valence-corrected chi connectivity index (χ3v) is 6.53. The Morgan fingerprint density at radius 2 is 1.52 bits per heavy atom. The standard InChI is InChI=1S/C28H34Cl2O/c1-20(2)5-4-6-21(3)13-14-31-26-11-9-24(10-12-26)27-17-23(19-30)15-25-8-7-22(18-29)16-28(25)27/h7-12,15-17,20-21H,4-6,13-14,18-19H2,1-3H3. The molecule has 3 rings (SSSR count). The minimum Gasteiger partial charge on any atom is -0.494 e. The largest absolute Gasteiger partial charge is 0.494 e. The summed E-state index contributed by atoms with van der Waals surface area (Å²) < 4.78 is 6.03. The second kappa shape index (κ2) is 11.8. The number of alkyl halides is 2. The van der Waals surface area contributed by atoms with Crippen molar-refractivity contribution in [2.75, 3.05) is 6.61 Å². The summed E-state index contributed by atoms with van der Waals surface area (Å²) >= 11 is 12.2. The summed E-state index contributed by atoms with van der Waals surface area (Å²) in [5.74, 6) is 3.44. The monoisotopic (exact) mass is 456 g/mol. The van der Waals surface area contributed by atoms with Gasteiger partial charge in [0.2, 0.25) is 0 Å². The molecular formula is C28H34Cl2O. The van der Waals surface area contributed by atoms with Crippen molar-refractivity contribution in [2.24, 2.45) is 11.8 Å². The maximum absolute atomic E-state index is 6.16. The third kappa shape index (κ3) is 6.89. The van der Waals surface area contributed by atoms with Crippen LogP contribution < -0.4 is 4.74 Å². The first-order valence-corrected chi connectivity index (χ1v) is 12.5. The van der Waals surface area contributed by atoms with Crippen molar-refractivity contribution in [2.45, 2.75) is 58.2 Å². The Balaban J connectivity index is 1.68. The Morgan fingerprint density at radius 3 is 2.19 bits per heavy atom. The van der Waals surface area contributed by atoms with E-state index in [0.717, 1.165) is 41.4 Å². The normalized spacial score (nSPS) is 12.5. The number of halogens is 2. The van der Waals surface area contributed by atoms with E-state index < -0.39 is 0 Å². The van der Waals surface area contributed by atoms with Crippen LogP contribution in [0.4, 0.5) is 0 Å². The van der Waals surface area contributed by atoms with Crippen LogP contribution in [0.2, 0.25) is 0 Å². The Bertz CT molecular complexity index is 963. The van der Waals surface area contributed by atoms with Crippen LogP contribution in [0.15, 0.2) is 54.6 Å². The molecule has 0 spiro atoms. The van der Waals surface area contributed by atoms with Gasteiger partial charge < -0.3 is 4.74 Å². The molecule has 3 heteroatoms. The number of hydrogen-bond acceptors (Lipinski definition) is 1. The van der Waals surface area contributed by atoms with Gasteiger partial charge in [-0.3, -0.25) is 0 Å². The molecule has 3 aromatic carbocycles. The highest BCUT2D eigenvalue weighted by Crippen LogP contribution is 2.33. The van der Waals surface area contributed by atoms with Crippen molar-refractivity contribution < 1.29 is 4.74 Å². The predicted octanol–water partition coefficient (Wildman–Crippen LogP) is 9.22. The lowest BCUT2D eigenvalue weighted by Gasteiger charge is -2.14. The molecule has 0 aliphatic heterocycles. The van der Waals surface area contributed by atoms with E-state index in [2.05, 4.69) is 75.4 Å². The number of fused-ring (bicyclic) bond motifs is 1. The van der Waals surface area contributed by atoms with Crippen molar-refractivity contribution in [1.82, 2.24) is 0 Å². The van der Waals surface area contributed by atoms with Gasteiger partial charge in [-0.2, -0.15) is 0 Å². The van der Waals surface area contributed by atoms with Gasteiger partial charge in [0.25, 0.3) is 0 Å². The molecule has 1 nitrogen and oxygen atoms in total. The van der Waals surface area contributed by atoms with E-state index in [1.165, 1.54) is 35.6 Å². The molecule has 0 saturated carbocycles. The molecule has 0 radical (unpaired) electrons. The van der Waals surface area contributed by atoms with Crippen molar-refractivity contribution in [3.8, 4) is 16.9 Å². The Hall–Kier alpha value is -1.70. The zero-order valence-electron chi connectivity index (χ0n) is 19.0. The second-order valence-electron chi connectivity index (χ2n) is 9.06. The molecule has 166 valence electrons. The van der Waals surface area contributed by atoms with E-state index in [0.29, 0.717) is 17.7 Å². The predicted molar refractivity (Wildman–Crippen MR) is 136 cm³/mol.